The third-order valence-electron chi connectivity index (χ3n) is 2.61. The number of carbonyl (C=O) groups excluding carboxylic acids is 1. The Morgan fingerprint density at radius 2 is 2.14 bits per heavy atom. The summed E-state index contributed by atoms with van der Waals surface area (Å²) in [6.45, 7) is 1.47. The number of hydrogen-bond acceptors (Lipinski definition) is 6. The van der Waals surface area contributed by atoms with Gasteiger partial charge in [-0.05, 0) is 37.2 Å². The number of nitrogens with one attached hydrogen (secondary N) is 2. The molecule has 6 nitrogen and oxygen atoms in total. The topological polar surface area (TPSA) is 89.3 Å². The molecule has 4 N–H and O–H groups in total. The molecule has 0 saturated heterocycles. The van der Waals surface area contributed by atoms with Crippen LogP contribution in [0, 0.1) is 0 Å². The Kier molecular flexibility index (Phi) is 5.99. The standard InChI is InChI=1S/C14H18N4O2S/c15-6-1-7-16-11-2-4-12(5-3-11)20-10-13(19)18-14-17-8-9-21-14/h2-5,8-9,16H,1,6-7,10,15H2,(H,17,18,19). The fourth-order valence-corrected chi connectivity index (χ4v) is 2.14. The monoisotopic (exact) mass is 306 g/mol. The van der Waals surface area contributed by atoms with Crippen LogP contribution in [-0.4, -0.2) is 30.6 Å². The summed E-state index contributed by atoms with van der Waals surface area (Å²) in [5.41, 5.74) is 6.43. The third kappa shape index (κ3) is 5.41. The van der Waals surface area contributed by atoms with Gasteiger partial charge in [-0.3, -0.25) is 10.1 Å². The van der Waals surface area contributed by atoms with Gasteiger partial charge in [0.15, 0.2) is 11.7 Å². The van der Waals surface area contributed by atoms with Crippen molar-refractivity contribution in [2.75, 3.05) is 30.3 Å². The molecule has 0 atom stereocenters. The number of anilines is 2. The molecule has 1 aromatic carbocycles. The van der Waals surface area contributed by atoms with Crippen LogP contribution >= 0.6 is 11.3 Å². The van der Waals surface area contributed by atoms with Crippen molar-refractivity contribution in [3.8, 4) is 5.75 Å². The zero-order valence-electron chi connectivity index (χ0n) is 11.5. The summed E-state index contributed by atoms with van der Waals surface area (Å²) in [5, 5.41) is 8.27. The molecule has 0 saturated carbocycles. The minimum Gasteiger partial charge on any atom is -0.484 e. The fourth-order valence-electron chi connectivity index (χ4n) is 1.59. The van der Waals surface area contributed by atoms with E-state index >= 15 is 0 Å². The van der Waals surface area contributed by atoms with Crippen molar-refractivity contribution in [2.45, 2.75) is 6.42 Å². The normalized spacial score (nSPS) is 10.1. The van der Waals surface area contributed by atoms with Gasteiger partial charge in [0, 0.05) is 23.8 Å². The number of nitrogens with zero attached hydrogens (tertiary/aromatic N) is 1. The van der Waals surface area contributed by atoms with E-state index in [1.807, 2.05) is 24.3 Å². The van der Waals surface area contributed by atoms with Gasteiger partial charge in [0.05, 0.1) is 0 Å². The maximum Gasteiger partial charge on any atom is 0.264 e. The van der Waals surface area contributed by atoms with Gasteiger partial charge >= 0.3 is 0 Å². The smallest absolute Gasteiger partial charge is 0.264 e. The Labute approximate surface area is 127 Å². The van der Waals surface area contributed by atoms with Crippen molar-refractivity contribution < 1.29 is 9.53 Å². The van der Waals surface area contributed by atoms with Gasteiger partial charge in [0.1, 0.15) is 5.75 Å². The lowest BCUT2D eigenvalue weighted by molar-refractivity contribution is -0.118. The SMILES string of the molecule is NCCCNc1ccc(OCC(=O)Nc2nccs2)cc1. The average Bonchev–Trinajstić information content (AvgIpc) is 2.99. The lowest BCUT2D eigenvalue weighted by atomic mass is 10.3. The summed E-state index contributed by atoms with van der Waals surface area (Å²) in [7, 11) is 0. The highest BCUT2D eigenvalue weighted by Crippen LogP contribution is 2.16. The van der Waals surface area contributed by atoms with Crippen LogP contribution in [0.2, 0.25) is 0 Å². The summed E-state index contributed by atoms with van der Waals surface area (Å²) in [6.07, 6.45) is 2.56. The second-order valence-electron chi connectivity index (χ2n) is 4.27. The third-order valence-corrected chi connectivity index (χ3v) is 3.30. The van der Waals surface area contributed by atoms with Crippen molar-refractivity contribution in [1.82, 2.24) is 4.98 Å². The fraction of sp³-hybridized carbons (Fsp3) is 0.286. The van der Waals surface area contributed by atoms with Crippen LogP contribution in [-0.2, 0) is 4.79 Å². The van der Waals surface area contributed by atoms with Crippen molar-refractivity contribution in [1.29, 1.82) is 0 Å². The first-order valence-corrected chi connectivity index (χ1v) is 7.52. The van der Waals surface area contributed by atoms with Gasteiger partial charge in [0.2, 0.25) is 0 Å². The molecule has 2 rings (SSSR count). The van der Waals surface area contributed by atoms with Crippen molar-refractivity contribution in [3.05, 3.63) is 35.8 Å². The molecular formula is C14H18N4O2S. The predicted molar refractivity (Wildman–Crippen MR) is 84.8 cm³/mol. The van der Waals surface area contributed by atoms with Crippen LogP contribution < -0.4 is 21.1 Å². The number of nitrogens with two attached hydrogens (primary N) is 1. The minimum atomic E-state index is -0.227. The molecule has 0 unspecified atom stereocenters. The second-order valence-corrected chi connectivity index (χ2v) is 5.16. The highest BCUT2D eigenvalue weighted by atomic mass is 32.1. The number of benzene rings is 1. The Balaban J connectivity index is 1.74. The number of rotatable bonds is 8. The molecule has 112 valence electrons. The lowest BCUT2D eigenvalue weighted by Crippen LogP contribution is -2.19. The minimum absolute atomic E-state index is 0.0421. The van der Waals surface area contributed by atoms with Crippen molar-refractivity contribution in [3.63, 3.8) is 0 Å². The van der Waals surface area contributed by atoms with Crippen LogP contribution in [0.5, 0.6) is 5.75 Å². The average molecular weight is 306 g/mol. The molecule has 0 aliphatic heterocycles. The van der Waals surface area contributed by atoms with E-state index in [2.05, 4.69) is 15.6 Å². The maximum atomic E-state index is 11.6. The van der Waals surface area contributed by atoms with Crippen molar-refractivity contribution in [2.24, 2.45) is 5.73 Å². The van der Waals surface area contributed by atoms with Crippen molar-refractivity contribution >= 4 is 28.1 Å². The Bertz CT molecular complexity index is 543. The number of amides is 1. The van der Waals surface area contributed by atoms with E-state index in [1.54, 1.807) is 11.6 Å². The number of aromatic nitrogens is 1. The van der Waals surface area contributed by atoms with Crippen LogP contribution in [0.15, 0.2) is 35.8 Å². The summed E-state index contributed by atoms with van der Waals surface area (Å²) in [4.78, 5) is 15.6. The number of carbonyl (C=O) groups is 1. The molecule has 0 bridgehead atoms. The zero-order valence-corrected chi connectivity index (χ0v) is 12.4. The van der Waals surface area contributed by atoms with Gasteiger partial charge < -0.3 is 15.8 Å². The van der Waals surface area contributed by atoms with Gasteiger partial charge in [-0.25, -0.2) is 4.98 Å². The molecule has 7 heteroatoms. The largest absolute Gasteiger partial charge is 0.484 e. The second kappa shape index (κ2) is 8.23. The zero-order chi connectivity index (χ0) is 14.9. The summed E-state index contributed by atoms with van der Waals surface area (Å²) >= 11 is 1.37. The van der Waals surface area contributed by atoms with E-state index in [0.29, 0.717) is 17.4 Å². The van der Waals surface area contributed by atoms with Gasteiger partial charge in [0.25, 0.3) is 5.91 Å². The highest BCUT2D eigenvalue weighted by Gasteiger charge is 2.05. The van der Waals surface area contributed by atoms with Gasteiger partial charge in [-0.2, -0.15) is 0 Å². The summed E-state index contributed by atoms with van der Waals surface area (Å²) in [5.74, 6) is 0.420. The van der Waals surface area contributed by atoms with Crippen LogP contribution in [0.1, 0.15) is 6.42 Å². The molecule has 0 aliphatic carbocycles. The molecule has 2 aromatic rings. The quantitative estimate of drug-likeness (QED) is 0.648. The van der Waals surface area contributed by atoms with E-state index in [0.717, 1.165) is 18.7 Å². The first-order valence-electron chi connectivity index (χ1n) is 6.64. The molecule has 0 radical (unpaired) electrons. The molecular weight excluding hydrogens is 288 g/mol. The van der Waals surface area contributed by atoms with Gasteiger partial charge in [-0.1, -0.05) is 0 Å². The van der Waals surface area contributed by atoms with E-state index < -0.39 is 0 Å². The van der Waals surface area contributed by atoms with Crippen LogP contribution in [0.4, 0.5) is 10.8 Å². The van der Waals surface area contributed by atoms with Crippen LogP contribution in [0.3, 0.4) is 0 Å². The molecule has 1 aromatic heterocycles. The van der Waals surface area contributed by atoms with E-state index in [4.69, 9.17) is 10.5 Å². The molecule has 0 spiro atoms. The van der Waals surface area contributed by atoms with E-state index in [9.17, 15) is 4.79 Å². The lowest BCUT2D eigenvalue weighted by Gasteiger charge is -2.08. The highest BCUT2D eigenvalue weighted by molar-refractivity contribution is 7.13. The molecule has 1 amide bonds. The first kappa shape index (κ1) is 15.3. The molecule has 0 fully saturated rings. The summed E-state index contributed by atoms with van der Waals surface area (Å²) in [6, 6.07) is 7.46. The van der Waals surface area contributed by atoms with E-state index in [1.165, 1.54) is 11.3 Å². The molecule has 0 aliphatic rings. The first-order chi connectivity index (χ1) is 10.3. The number of ether oxygens (including phenoxy) is 1. The van der Waals surface area contributed by atoms with Gasteiger partial charge in [-0.15, -0.1) is 11.3 Å². The number of hydrogen-bond donors (Lipinski definition) is 3. The Morgan fingerprint density at radius 1 is 1.33 bits per heavy atom. The maximum absolute atomic E-state index is 11.6. The summed E-state index contributed by atoms with van der Waals surface area (Å²) < 4.78 is 5.41. The van der Waals surface area contributed by atoms with Crippen LogP contribution in [0.25, 0.3) is 0 Å². The molecule has 21 heavy (non-hydrogen) atoms. The Hall–Kier alpha value is -2.12. The Morgan fingerprint density at radius 3 is 2.81 bits per heavy atom. The van der Waals surface area contributed by atoms with E-state index in [-0.39, 0.29) is 12.5 Å². The molecule has 1 heterocycles. The predicted octanol–water partition coefficient (Wildman–Crippen LogP) is 1.92. The number of thiazole rings is 1.